The van der Waals surface area contributed by atoms with Gasteiger partial charge in [-0.25, -0.2) is 9.78 Å². The molecule has 0 radical (unpaired) electrons. The number of carboxylic acid groups (broad SMARTS) is 1. The zero-order valence-corrected chi connectivity index (χ0v) is 21.6. The molecule has 3 heterocycles. The van der Waals surface area contributed by atoms with Crippen LogP contribution in [0.2, 0.25) is 0 Å². The van der Waals surface area contributed by atoms with E-state index in [1.54, 1.807) is 0 Å². The van der Waals surface area contributed by atoms with Gasteiger partial charge in [-0.05, 0) is 68.9 Å². The van der Waals surface area contributed by atoms with E-state index in [-0.39, 0.29) is 24.4 Å². The fourth-order valence-corrected chi connectivity index (χ4v) is 5.77. The number of pyridine rings is 1. The molecule has 39 heavy (non-hydrogen) atoms. The fraction of sp³-hybridized carbons (Fsp3) is 0.577. The second-order valence-corrected chi connectivity index (χ2v) is 10.5. The molecule has 0 atom stereocenters. The van der Waals surface area contributed by atoms with Crippen LogP contribution in [0.5, 0.6) is 5.88 Å². The topological polar surface area (TPSA) is 120 Å². The zero-order chi connectivity index (χ0) is 27.6. The first-order valence-electron chi connectivity index (χ1n) is 13.2. The number of nitrogens with zero attached hydrogens (tertiary/aromatic N) is 6. The van der Waals surface area contributed by atoms with E-state index >= 15 is 0 Å². The summed E-state index contributed by atoms with van der Waals surface area (Å²) in [6, 6.07) is 2.10. The molecule has 2 fully saturated rings. The van der Waals surface area contributed by atoms with Gasteiger partial charge in [0.1, 0.15) is 12.4 Å². The summed E-state index contributed by atoms with van der Waals surface area (Å²) in [6.07, 6.45) is 7.10. The van der Waals surface area contributed by atoms with Gasteiger partial charge < -0.3 is 19.7 Å². The molecule has 2 saturated carbocycles. The molecular weight excluding hydrogens is 515 g/mol. The number of rotatable bonds is 7. The van der Waals surface area contributed by atoms with Crippen LogP contribution in [0.25, 0.3) is 0 Å². The quantitative estimate of drug-likeness (QED) is 0.417. The Kier molecular flexibility index (Phi) is 7.76. The van der Waals surface area contributed by atoms with Gasteiger partial charge in [0.25, 0.3) is 0 Å². The molecule has 210 valence electrons. The van der Waals surface area contributed by atoms with Crippen molar-refractivity contribution in [2.24, 2.45) is 7.05 Å². The van der Waals surface area contributed by atoms with E-state index in [2.05, 4.69) is 31.8 Å². The summed E-state index contributed by atoms with van der Waals surface area (Å²) in [5.41, 5.74) is 0.425. The van der Waals surface area contributed by atoms with Gasteiger partial charge in [-0.2, -0.15) is 18.3 Å². The predicted molar refractivity (Wildman–Crippen MR) is 133 cm³/mol. The standard InChI is InChI=1S/C26H32F3N7O3/c1-35-22(15-39-23-12-19(10-11-30-23)26(27,28)29)33-34-24(35)17-4-2-16(3-5-17)18-13-31-36(14-18)21-8-6-20(7-9-21)32-25(37)38/h10-14,16-17,20-21,32H,2-9,15H2,1H3,(H,37,38). The Morgan fingerprint density at radius 2 is 1.82 bits per heavy atom. The minimum atomic E-state index is -4.46. The Balaban J connectivity index is 1.13. The first-order chi connectivity index (χ1) is 18.7. The van der Waals surface area contributed by atoms with Crippen LogP contribution in [0.1, 0.15) is 92.0 Å². The Bertz CT molecular complexity index is 1280. The molecule has 0 spiro atoms. The average Bonchev–Trinajstić information content (AvgIpc) is 3.55. The summed E-state index contributed by atoms with van der Waals surface area (Å²) in [5, 5.41) is 24.7. The van der Waals surface area contributed by atoms with E-state index < -0.39 is 17.8 Å². The number of alkyl halides is 3. The van der Waals surface area contributed by atoms with E-state index in [4.69, 9.17) is 9.84 Å². The number of carbonyl (C=O) groups is 1. The molecule has 2 aliphatic carbocycles. The lowest BCUT2D eigenvalue weighted by Crippen LogP contribution is -2.37. The van der Waals surface area contributed by atoms with Crippen LogP contribution in [0.3, 0.4) is 0 Å². The summed E-state index contributed by atoms with van der Waals surface area (Å²) < 4.78 is 48.2. The number of hydrogen-bond donors (Lipinski definition) is 2. The van der Waals surface area contributed by atoms with Crippen LogP contribution in [0, 0.1) is 0 Å². The van der Waals surface area contributed by atoms with Crippen LogP contribution in [0.4, 0.5) is 18.0 Å². The summed E-state index contributed by atoms with van der Waals surface area (Å²) >= 11 is 0. The molecule has 0 unspecified atom stereocenters. The molecule has 2 aliphatic rings. The van der Waals surface area contributed by atoms with Crippen molar-refractivity contribution < 1.29 is 27.8 Å². The van der Waals surface area contributed by atoms with Gasteiger partial charge in [-0.3, -0.25) is 4.68 Å². The van der Waals surface area contributed by atoms with Crippen molar-refractivity contribution in [2.75, 3.05) is 0 Å². The molecule has 1 amide bonds. The molecular formula is C26H32F3N7O3. The van der Waals surface area contributed by atoms with Crippen molar-refractivity contribution in [3.63, 3.8) is 0 Å². The highest BCUT2D eigenvalue weighted by Crippen LogP contribution is 2.40. The third-order valence-corrected chi connectivity index (χ3v) is 7.99. The molecule has 0 aliphatic heterocycles. The van der Waals surface area contributed by atoms with Gasteiger partial charge in [0.15, 0.2) is 5.82 Å². The van der Waals surface area contributed by atoms with Gasteiger partial charge in [0, 0.05) is 37.5 Å². The number of ether oxygens (including phenoxy) is 1. The van der Waals surface area contributed by atoms with Crippen molar-refractivity contribution >= 4 is 6.09 Å². The number of nitrogens with one attached hydrogen (secondary N) is 1. The summed E-state index contributed by atoms with van der Waals surface area (Å²) in [5.74, 6) is 1.93. The van der Waals surface area contributed by atoms with Crippen LogP contribution in [-0.2, 0) is 19.8 Å². The lowest BCUT2D eigenvalue weighted by Gasteiger charge is -2.29. The van der Waals surface area contributed by atoms with Crippen LogP contribution in [-0.4, -0.2) is 46.8 Å². The van der Waals surface area contributed by atoms with Gasteiger partial charge in [0.05, 0.1) is 17.8 Å². The summed E-state index contributed by atoms with van der Waals surface area (Å²) in [6.45, 7) is -0.0272. The molecule has 3 aromatic rings. The van der Waals surface area contributed by atoms with Crippen molar-refractivity contribution in [1.82, 2.24) is 34.8 Å². The molecule has 3 aromatic heterocycles. The number of amides is 1. The Morgan fingerprint density at radius 1 is 1.10 bits per heavy atom. The lowest BCUT2D eigenvalue weighted by atomic mass is 9.79. The fourth-order valence-electron chi connectivity index (χ4n) is 5.77. The normalized spacial score (nSPS) is 23.9. The van der Waals surface area contributed by atoms with E-state index in [1.807, 2.05) is 22.5 Å². The maximum atomic E-state index is 12.9. The smallest absolute Gasteiger partial charge is 0.416 e. The van der Waals surface area contributed by atoms with Gasteiger partial charge in [0.2, 0.25) is 5.88 Å². The molecule has 10 nitrogen and oxygen atoms in total. The number of halogens is 3. The van der Waals surface area contributed by atoms with Crippen molar-refractivity contribution in [3.8, 4) is 5.88 Å². The Morgan fingerprint density at radius 3 is 2.51 bits per heavy atom. The molecule has 13 heteroatoms. The second kappa shape index (κ2) is 11.2. The maximum absolute atomic E-state index is 12.9. The Labute approximate surface area is 223 Å². The van der Waals surface area contributed by atoms with Crippen LogP contribution in [0.15, 0.2) is 30.7 Å². The predicted octanol–water partition coefficient (Wildman–Crippen LogP) is 5.20. The highest BCUT2D eigenvalue weighted by molar-refractivity contribution is 5.64. The SMILES string of the molecule is Cn1c(COc2cc(C(F)(F)F)ccn2)nnc1C1CCC(c2cnn(C3CCC(NC(=O)O)CC3)c2)CC1. The van der Waals surface area contributed by atoms with Gasteiger partial charge in [-0.15, -0.1) is 10.2 Å². The van der Waals surface area contributed by atoms with Crippen LogP contribution >= 0.6 is 0 Å². The third kappa shape index (κ3) is 6.34. The Hall–Kier alpha value is -3.64. The maximum Gasteiger partial charge on any atom is 0.416 e. The zero-order valence-electron chi connectivity index (χ0n) is 21.6. The number of aromatic nitrogens is 6. The monoisotopic (exact) mass is 547 g/mol. The molecule has 0 aromatic carbocycles. The molecule has 5 rings (SSSR count). The van der Waals surface area contributed by atoms with E-state index in [0.29, 0.717) is 17.8 Å². The van der Waals surface area contributed by atoms with E-state index in [9.17, 15) is 18.0 Å². The lowest BCUT2D eigenvalue weighted by molar-refractivity contribution is -0.137. The first kappa shape index (κ1) is 26.9. The van der Waals surface area contributed by atoms with Crippen molar-refractivity contribution in [2.45, 2.75) is 88.1 Å². The van der Waals surface area contributed by atoms with E-state index in [0.717, 1.165) is 75.5 Å². The van der Waals surface area contributed by atoms with Crippen LogP contribution < -0.4 is 10.1 Å². The van der Waals surface area contributed by atoms with Crippen molar-refractivity contribution in [1.29, 1.82) is 0 Å². The minimum Gasteiger partial charge on any atom is -0.469 e. The first-order valence-corrected chi connectivity index (χ1v) is 13.2. The molecule has 0 saturated heterocycles. The van der Waals surface area contributed by atoms with E-state index in [1.165, 1.54) is 5.56 Å². The minimum absolute atomic E-state index is 0.0222. The molecule has 2 N–H and O–H groups in total. The highest BCUT2D eigenvalue weighted by Gasteiger charge is 2.32. The summed E-state index contributed by atoms with van der Waals surface area (Å²) in [4.78, 5) is 14.7. The second-order valence-electron chi connectivity index (χ2n) is 10.5. The number of hydrogen-bond acceptors (Lipinski definition) is 6. The van der Waals surface area contributed by atoms with Gasteiger partial charge >= 0.3 is 12.3 Å². The largest absolute Gasteiger partial charge is 0.469 e. The summed E-state index contributed by atoms with van der Waals surface area (Å²) in [7, 11) is 1.85. The van der Waals surface area contributed by atoms with Crippen molar-refractivity contribution in [3.05, 3.63) is 53.5 Å². The molecule has 0 bridgehead atoms. The third-order valence-electron chi connectivity index (χ3n) is 7.99. The average molecular weight is 548 g/mol. The van der Waals surface area contributed by atoms with Gasteiger partial charge in [-0.1, -0.05) is 0 Å². The highest BCUT2D eigenvalue weighted by atomic mass is 19.4.